The first-order valence-corrected chi connectivity index (χ1v) is 6.63. The average molecular weight is 211 g/mol. The summed E-state index contributed by atoms with van der Waals surface area (Å²) in [5, 5.41) is 3.81. The summed E-state index contributed by atoms with van der Waals surface area (Å²) in [6.07, 6.45) is 8.60. The minimum atomic E-state index is 0.451. The molecule has 0 aromatic heterocycles. The molecule has 1 aliphatic carbocycles. The summed E-state index contributed by atoms with van der Waals surface area (Å²) in [6.45, 7) is 5.50. The smallest absolute Gasteiger partial charge is 0.0561 e. The van der Waals surface area contributed by atoms with Gasteiger partial charge in [-0.3, -0.25) is 0 Å². The van der Waals surface area contributed by atoms with Gasteiger partial charge >= 0.3 is 0 Å². The third-order valence-electron chi connectivity index (χ3n) is 4.09. The largest absolute Gasteiger partial charge is 0.378 e. The van der Waals surface area contributed by atoms with E-state index in [0.29, 0.717) is 18.2 Å². The zero-order valence-electron chi connectivity index (χ0n) is 10.2. The van der Waals surface area contributed by atoms with Crippen molar-refractivity contribution in [2.75, 3.05) is 6.61 Å². The molecular formula is C13H25NO. The van der Waals surface area contributed by atoms with Gasteiger partial charge in [-0.2, -0.15) is 0 Å². The molecule has 0 spiro atoms. The number of hydrogen-bond donors (Lipinski definition) is 1. The molecule has 3 atom stereocenters. The molecule has 2 aliphatic rings. The molecule has 1 heterocycles. The Morgan fingerprint density at radius 2 is 1.93 bits per heavy atom. The Hall–Kier alpha value is -0.0800. The molecule has 2 unspecified atom stereocenters. The van der Waals surface area contributed by atoms with Crippen molar-refractivity contribution in [2.45, 2.75) is 70.6 Å². The predicted octanol–water partition coefficient (Wildman–Crippen LogP) is 2.72. The van der Waals surface area contributed by atoms with E-state index in [9.17, 15) is 0 Å². The van der Waals surface area contributed by atoms with Crippen LogP contribution < -0.4 is 5.32 Å². The molecule has 1 N–H and O–H groups in total. The summed E-state index contributed by atoms with van der Waals surface area (Å²) in [6, 6.07) is 1.41. The molecule has 1 saturated carbocycles. The van der Waals surface area contributed by atoms with Crippen molar-refractivity contribution in [3.05, 3.63) is 0 Å². The molecule has 0 aromatic rings. The molecular weight excluding hydrogens is 186 g/mol. The maximum atomic E-state index is 5.58. The van der Waals surface area contributed by atoms with E-state index in [1.807, 2.05) is 0 Å². The van der Waals surface area contributed by atoms with Gasteiger partial charge in [-0.15, -0.1) is 0 Å². The molecule has 2 nitrogen and oxygen atoms in total. The van der Waals surface area contributed by atoms with Gasteiger partial charge in [-0.05, 0) is 45.4 Å². The van der Waals surface area contributed by atoms with Crippen LogP contribution in [0.2, 0.25) is 0 Å². The Bertz CT molecular complexity index is 189. The Balaban J connectivity index is 1.74. The van der Waals surface area contributed by atoms with E-state index in [1.165, 1.54) is 38.5 Å². The van der Waals surface area contributed by atoms with Gasteiger partial charge in [0.25, 0.3) is 0 Å². The lowest BCUT2D eigenvalue weighted by atomic mass is 9.96. The first kappa shape index (κ1) is 11.4. The number of ether oxygens (including phenoxy) is 1. The highest BCUT2D eigenvalue weighted by Crippen LogP contribution is 2.28. The van der Waals surface area contributed by atoms with Crippen molar-refractivity contribution < 1.29 is 4.74 Å². The second kappa shape index (κ2) is 5.31. The highest BCUT2D eigenvalue weighted by atomic mass is 16.5. The summed E-state index contributed by atoms with van der Waals surface area (Å²) < 4.78 is 5.58. The normalized spacial score (nSPS) is 35.6. The van der Waals surface area contributed by atoms with Crippen molar-refractivity contribution in [3.63, 3.8) is 0 Å². The lowest BCUT2D eigenvalue weighted by Crippen LogP contribution is -2.44. The van der Waals surface area contributed by atoms with Gasteiger partial charge in [0.2, 0.25) is 0 Å². The third-order valence-corrected chi connectivity index (χ3v) is 4.09. The Morgan fingerprint density at radius 1 is 1.20 bits per heavy atom. The van der Waals surface area contributed by atoms with Crippen LogP contribution in [0.3, 0.4) is 0 Å². The predicted molar refractivity (Wildman–Crippen MR) is 63.0 cm³/mol. The highest BCUT2D eigenvalue weighted by Gasteiger charge is 2.25. The zero-order chi connectivity index (χ0) is 10.7. The van der Waals surface area contributed by atoms with Gasteiger partial charge in [0, 0.05) is 18.7 Å². The molecule has 15 heavy (non-hydrogen) atoms. The molecule has 88 valence electrons. The molecule has 0 bridgehead atoms. The molecule has 0 radical (unpaired) electrons. The molecule has 2 rings (SSSR count). The lowest BCUT2D eigenvalue weighted by Gasteiger charge is -2.32. The maximum Gasteiger partial charge on any atom is 0.0561 e. The standard InChI is InChI=1S/C13H25NO/c1-10-9-13(7-8-15-10)14-11(2)12-5-3-4-6-12/h10-14H,3-9H2,1-2H3/t10?,11-,13?/m1/s1. The SMILES string of the molecule is CC1CC(N[C@H](C)C2CCCC2)CCO1. The molecule has 2 fully saturated rings. The number of hydrogen-bond acceptors (Lipinski definition) is 2. The van der Waals surface area contributed by atoms with E-state index in [0.717, 1.165) is 12.5 Å². The fraction of sp³-hybridized carbons (Fsp3) is 1.00. The van der Waals surface area contributed by atoms with E-state index >= 15 is 0 Å². The van der Waals surface area contributed by atoms with E-state index < -0.39 is 0 Å². The lowest BCUT2D eigenvalue weighted by molar-refractivity contribution is 0.0103. The van der Waals surface area contributed by atoms with Crippen LogP contribution in [0.25, 0.3) is 0 Å². The summed E-state index contributed by atoms with van der Waals surface area (Å²) in [4.78, 5) is 0. The van der Waals surface area contributed by atoms with Gasteiger partial charge in [0.15, 0.2) is 0 Å². The second-order valence-electron chi connectivity index (χ2n) is 5.40. The minimum absolute atomic E-state index is 0.451. The summed E-state index contributed by atoms with van der Waals surface area (Å²) >= 11 is 0. The van der Waals surface area contributed by atoms with Gasteiger partial charge in [0.05, 0.1) is 6.10 Å². The monoisotopic (exact) mass is 211 g/mol. The molecule has 1 saturated heterocycles. The van der Waals surface area contributed by atoms with Crippen LogP contribution in [-0.2, 0) is 4.74 Å². The van der Waals surface area contributed by atoms with Crippen molar-refractivity contribution >= 4 is 0 Å². The maximum absolute atomic E-state index is 5.58. The second-order valence-corrected chi connectivity index (χ2v) is 5.40. The molecule has 0 amide bonds. The average Bonchev–Trinajstić information content (AvgIpc) is 2.70. The first-order chi connectivity index (χ1) is 7.25. The van der Waals surface area contributed by atoms with Gasteiger partial charge in [-0.25, -0.2) is 0 Å². The summed E-state index contributed by atoms with van der Waals surface area (Å²) in [7, 11) is 0. The molecule has 1 aliphatic heterocycles. The third kappa shape index (κ3) is 3.18. The van der Waals surface area contributed by atoms with Crippen LogP contribution in [0.5, 0.6) is 0 Å². The van der Waals surface area contributed by atoms with E-state index in [4.69, 9.17) is 4.74 Å². The van der Waals surface area contributed by atoms with Crippen LogP contribution in [0.15, 0.2) is 0 Å². The van der Waals surface area contributed by atoms with Crippen LogP contribution in [0.1, 0.15) is 52.4 Å². The fourth-order valence-corrected chi connectivity index (χ4v) is 3.11. The Labute approximate surface area is 93.8 Å². The van der Waals surface area contributed by atoms with Crippen molar-refractivity contribution in [2.24, 2.45) is 5.92 Å². The van der Waals surface area contributed by atoms with E-state index in [-0.39, 0.29) is 0 Å². The van der Waals surface area contributed by atoms with Crippen molar-refractivity contribution in [1.82, 2.24) is 5.32 Å². The van der Waals surface area contributed by atoms with Crippen molar-refractivity contribution in [3.8, 4) is 0 Å². The Kier molecular flexibility index (Phi) is 4.04. The zero-order valence-corrected chi connectivity index (χ0v) is 10.2. The molecule has 2 heteroatoms. The molecule has 0 aromatic carbocycles. The quantitative estimate of drug-likeness (QED) is 0.775. The van der Waals surface area contributed by atoms with Gasteiger partial charge in [-0.1, -0.05) is 12.8 Å². The minimum Gasteiger partial charge on any atom is -0.378 e. The number of nitrogens with one attached hydrogen (secondary N) is 1. The highest BCUT2D eigenvalue weighted by molar-refractivity contribution is 4.82. The number of rotatable bonds is 3. The van der Waals surface area contributed by atoms with E-state index in [2.05, 4.69) is 19.2 Å². The van der Waals surface area contributed by atoms with Crippen LogP contribution in [0.4, 0.5) is 0 Å². The van der Waals surface area contributed by atoms with Gasteiger partial charge in [0.1, 0.15) is 0 Å². The first-order valence-electron chi connectivity index (χ1n) is 6.63. The van der Waals surface area contributed by atoms with E-state index in [1.54, 1.807) is 0 Å². The fourth-order valence-electron chi connectivity index (χ4n) is 3.11. The summed E-state index contributed by atoms with van der Waals surface area (Å²) in [5.41, 5.74) is 0. The summed E-state index contributed by atoms with van der Waals surface area (Å²) in [5.74, 6) is 0.933. The van der Waals surface area contributed by atoms with Crippen LogP contribution >= 0.6 is 0 Å². The van der Waals surface area contributed by atoms with Gasteiger partial charge < -0.3 is 10.1 Å². The van der Waals surface area contributed by atoms with Crippen LogP contribution in [0, 0.1) is 5.92 Å². The topological polar surface area (TPSA) is 21.3 Å². The van der Waals surface area contributed by atoms with Crippen LogP contribution in [-0.4, -0.2) is 24.8 Å². The Morgan fingerprint density at radius 3 is 2.60 bits per heavy atom. The van der Waals surface area contributed by atoms with Crippen molar-refractivity contribution in [1.29, 1.82) is 0 Å².